The van der Waals surface area contributed by atoms with Gasteiger partial charge in [0.2, 0.25) is 5.91 Å². The van der Waals surface area contributed by atoms with Gasteiger partial charge in [0, 0.05) is 18.3 Å². The number of benzene rings is 3. The van der Waals surface area contributed by atoms with Crippen LogP contribution < -0.4 is 9.64 Å². The molecule has 4 aromatic rings. The van der Waals surface area contributed by atoms with E-state index < -0.39 is 0 Å². The molecule has 6 heteroatoms. The van der Waals surface area contributed by atoms with E-state index in [2.05, 4.69) is 24.5 Å². The molecule has 2 heterocycles. The third-order valence-corrected chi connectivity index (χ3v) is 7.42. The number of aromatic nitrogens is 1. The van der Waals surface area contributed by atoms with E-state index in [9.17, 15) is 9.59 Å². The van der Waals surface area contributed by atoms with Crippen LogP contribution in [0.15, 0.2) is 91.1 Å². The molecule has 0 fully saturated rings. The summed E-state index contributed by atoms with van der Waals surface area (Å²) in [6, 6.07) is 27.2. The molecule has 1 atom stereocenters. The van der Waals surface area contributed by atoms with E-state index in [1.807, 2.05) is 90.0 Å². The molecule has 5 rings (SSSR count). The van der Waals surface area contributed by atoms with Crippen molar-refractivity contribution in [1.82, 2.24) is 9.47 Å². The smallest absolute Gasteiger partial charge is 0.254 e. The van der Waals surface area contributed by atoms with Gasteiger partial charge in [-0.1, -0.05) is 56.7 Å². The molecule has 0 saturated heterocycles. The SMILES string of the molecule is CCCCN(CC(=O)N1c2ccccc2-n2cccc2C1c1ccc(OC)cc1)C(=O)c1ccc(CC)cc1. The van der Waals surface area contributed by atoms with Crippen molar-refractivity contribution in [1.29, 1.82) is 0 Å². The predicted octanol–water partition coefficient (Wildman–Crippen LogP) is 6.43. The number of fused-ring (bicyclic) bond motifs is 3. The summed E-state index contributed by atoms with van der Waals surface area (Å²) in [6.45, 7) is 4.70. The van der Waals surface area contributed by atoms with E-state index in [1.165, 1.54) is 5.56 Å². The van der Waals surface area contributed by atoms with Crippen LogP contribution in [0.2, 0.25) is 0 Å². The summed E-state index contributed by atoms with van der Waals surface area (Å²) in [5.74, 6) is 0.521. The van der Waals surface area contributed by atoms with Gasteiger partial charge in [-0.25, -0.2) is 0 Å². The number of aryl methyl sites for hydroxylation is 1. The quantitative estimate of drug-likeness (QED) is 0.255. The minimum atomic E-state index is -0.347. The van der Waals surface area contributed by atoms with E-state index >= 15 is 0 Å². The Balaban J connectivity index is 1.53. The normalized spacial score (nSPS) is 13.9. The first-order chi connectivity index (χ1) is 19.0. The Kier molecular flexibility index (Phi) is 7.82. The number of carbonyl (C=O) groups is 2. The second-order valence-electron chi connectivity index (χ2n) is 9.86. The van der Waals surface area contributed by atoms with Crippen molar-refractivity contribution < 1.29 is 14.3 Å². The Bertz CT molecular complexity index is 1440. The lowest BCUT2D eigenvalue weighted by molar-refractivity contribution is -0.119. The summed E-state index contributed by atoms with van der Waals surface area (Å²) in [6.07, 6.45) is 4.70. The molecular weight excluding hydrogens is 486 g/mol. The van der Waals surface area contributed by atoms with E-state index in [1.54, 1.807) is 12.0 Å². The van der Waals surface area contributed by atoms with Crippen LogP contribution in [0.5, 0.6) is 5.75 Å². The molecule has 0 radical (unpaired) electrons. The van der Waals surface area contributed by atoms with E-state index in [4.69, 9.17) is 4.74 Å². The molecule has 0 spiro atoms. The minimum absolute atomic E-state index is 0.00391. The number of amides is 2. The average molecular weight is 522 g/mol. The molecule has 0 saturated carbocycles. The number of ether oxygens (including phenoxy) is 1. The van der Waals surface area contributed by atoms with Gasteiger partial charge in [0.05, 0.1) is 24.2 Å². The summed E-state index contributed by atoms with van der Waals surface area (Å²) in [5, 5.41) is 0. The number of methoxy groups -OCH3 is 1. The molecule has 1 aromatic heterocycles. The van der Waals surface area contributed by atoms with Crippen LogP contribution >= 0.6 is 0 Å². The van der Waals surface area contributed by atoms with Crippen LogP contribution in [0.3, 0.4) is 0 Å². The molecule has 1 aliphatic rings. The zero-order valence-electron chi connectivity index (χ0n) is 22.8. The molecule has 0 aliphatic carbocycles. The average Bonchev–Trinajstić information content (AvgIpc) is 3.48. The molecule has 2 amide bonds. The second-order valence-corrected chi connectivity index (χ2v) is 9.86. The van der Waals surface area contributed by atoms with Crippen molar-refractivity contribution in [3.05, 3.63) is 114 Å². The van der Waals surface area contributed by atoms with E-state index in [0.717, 1.165) is 47.6 Å². The van der Waals surface area contributed by atoms with Gasteiger partial charge in [0.1, 0.15) is 18.3 Å². The third kappa shape index (κ3) is 5.19. The second kappa shape index (κ2) is 11.6. The number of unbranched alkanes of at least 4 members (excludes halogenated alkanes) is 1. The summed E-state index contributed by atoms with van der Waals surface area (Å²) in [5.41, 5.74) is 5.52. The zero-order chi connectivity index (χ0) is 27.4. The van der Waals surface area contributed by atoms with Crippen molar-refractivity contribution in [3.8, 4) is 11.4 Å². The first-order valence-corrected chi connectivity index (χ1v) is 13.7. The van der Waals surface area contributed by atoms with E-state index in [-0.39, 0.29) is 24.4 Å². The number of hydrogen-bond acceptors (Lipinski definition) is 3. The van der Waals surface area contributed by atoms with Crippen LogP contribution in [0.25, 0.3) is 5.69 Å². The summed E-state index contributed by atoms with van der Waals surface area (Å²) >= 11 is 0. The van der Waals surface area contributed by atoms with Gasteiger partial charge in [0.15, 0.2) is 0 Å². The molecule has 39 heavy (non-hydrogen) atoms. The van der Waals surface area contributed by atoms with Gasteiger partial charge in [-0.2, -0.15) is 0 Å². The van der Waals surface area contributed by atoms with Gasteiger partial charge >= 0.3 is 0 Å². The summed E-state index contributed by atoms with van der Waals surface area (Å²) < 4.78 is 7.53. The highest BCUT2D eigenvalue weighted by molar-refractivity contribution is 6.02. The number of para-hydroxylation sites is 2. The monoisotopic (exact) mass is 521 g/mol. The highest BCUT2D eigenvalue weighted by atomic mass is 16.5. The third-order valence-electron chi connectivity index (χ3n) is 7.42. The first-order valence-electron chi connectivity index (χ1n) is 13.7. The Hall–Kier alpha value is -4.32. The molecule has 6 nitrogen and oxygen atoms in total. The fraction of sp³-hybridized carbons (Fsp3) is 0.273. The van der Waals surface area contributed by atoms with Crippen LogP contribution in [0.1, 0.15) is 59.9 Å². The lowest BCUT2D eigenvalue weighted by Gasteiger charge is -2.39. The van der Waals surface area contributed by atoms with Gasteiger partial charge in [0.25, 0.3) is 5.91 Å². The number of carbonyl (C=O) groups excluding carboxylic acids is 2. The molecular formula is C33H35N3O3. The molecule has 200 valence electrons. The van der Waals surface area contributed by atoms with Crippen LogP contribution in [0, 0.1) is 0 Å². The number of hydrogen-bond donors (Lipinski definition) is 0. The van der Waals surface area contributed by atoms with Crippen molar-refractivity contribution >= 4 is 17.5 Å². The summed E-state index contributed by atoms with van der Waals surface area (Å²) in [4.78, 5) is 31.5. The molecule has 1 aliphatic heterocycles. The Morgan fingerprint density at radius 1 is 0.872 bits per heavy atom. The Morgan fingerprint density at radius 2 is 1.59 bits per heavy atom. The molecule has 0 bridgehead atoms. The number of anilines is 1. The standard InChI is InChI=1S/C33H35N3O3/c1-4-6-21-34(33(38)26-15-13-24(5-2)14-16-26)23-31(37)36-29-11-8-7-10-28(29)35-22-9-12-30(35)32(36)25-17-19-27(39-3)20-18-25/h7-20,22,32H,4-6,21,23H2,1-3H3. The van der Waals surface area contributed by atoms with Crippen LogP contribution in [-0.2, 0) is 11.2 Å². The summed E-state index contributed by atoms with van der Waals surface area (Å²) in [7, 11) is 1.64. The highest BCUT2D eigenvalue weighted by Crippen LogP contribution is 2.42. The van der Waals surface area contributed by atoms with Crippen molar-refractivity contribution in [2.75, 3.05) is 25.1 Å². The lowest BCUT2D eigenvalue weighted by atomic mass is 9.97. The van der Waals surface area contributed by atoms with Crippen molar-refractivity contribution in [3.63, 3.8) is 0 Å². The molecule has 1 unspecified atom stereocenters. The maximum absolute atomic E-state index is 14.3. The fourth-order valence-electron chi connectivity index (χ4n) is 5.27. The highest BCUT2D eigenvalue weighted by Gasteiger charge is 2.37. The largest absolute Gasteiger partial charge is 0.497 e. The number of rotatable bonds is 9. The van der Waals surface area contributed by atoms with Crippen LogP contribution in [0.4, 0.5) is 5.69 Å². The van der Waals surface area contributed by atoms with E-state index in [0.29, 0.717) is 12.1 Å². The first kappa shape index (κ1) is 26.3. The Labute approximate surface area is 230 Å². The van der Waals surface area contributed by atoms with Gasteiger partial charge in [-0.05, 0) is 72.5 Å². The molecule has 0 N–H and O–H groups in total. The van der Waals surface area contributed by atoms with Crippen molar-refractivity contribution in [2.24, 2.45) is 0 Å². The topological polar surface area (TPSA) is 54.8 Å². The van der Waals surface area contributed by atoms with Crippen LogP contribution in [-0.4, -0.2) is 41.5 Å². The maximum Gasteiger partial charge on any atom is 0.254 e. The Morgan fingerprint density at radius 3 is 2.26 bits per heavy atom. The van der Waals surface area contributed by atoms with Gasteiger partial charge in [-0.3, -0.25) is 14.5 Å². The number of nitrogens with zero attached hydrogens (tertiary/aromatic N) is 3. The zero-order valence-corrected chi connectivity index (χ0v) is 22.8. The maximum atomic E-state index is 14.3. The molecule has 3 aromatic carbocycles. The minimum Gasteiger partial charge on any atom is -0.497 e. The van der Waals surface area contributed by atoms with Gasteiger partial charge in [-0.15, -0.1) is 0 Å². The fourth-order valence-corrected chi connectivity index (χ4v) is 5.27. The lowest BCUT2D eigenvalue weighted by Crippen LogP contribution is -2.47. The van der Waals surface area contributed by atoms with Crippen molar-refractivity contribution in [2.45, 2.75) is 39.2 Å². The predicted molar refractivity (Wildman–Crippen MR) is 155 cm³/mol. The van der Waals surface area contributed by atoms with Gasteiger partial charge < -0.3 is 14.2 Å².